The van der Waals surface area contributed by atoms with Crippen LogP contribution in [0.25, 0.3) is 0 Å². The molecule has 0 aromatic carbocycles. The molecule has 1 amide bonds. The molecule has 0 saturated carbocycles. The first-order chi connectivity index (χ1) is 9.85. The highest BCUT2D eigenvalue weighted by atomic mass is 16.5. The van der Waals surface area contributed by atoms with E-state index < -0.39 is 17.4 Å². The third kappa shape index (κ3) is 2.97. The van der Waals surface area contributed by atoms with Gasteiger partial charge in [0.1, 0.15) is 11.4 Å². The smallest absolute Gasteiger partial charge is 0.329 e. The van der Waals surface area contributed by atoms with Crippen molar-refractivity contribution in [2.45, 2.75) is 32.2 Å². The van der Waals surface area contributed by atoms with Crippen molar-refractivity contribution in [1.29, 1.82) is 0 Å². The Bertz CT molecular complexity index is 580. The van der Waals surface area contributed by atoms with E-state index in [4.69, 9.17) is 10.5 Å². The van der Waals surface area contributed by atoms with Gasteiger partial charge in [-0.2, -0.15) is 0 Å². The Labute approximate surface area is 122 Å². The number of carbonyl (C=O) groups excluding carboxylic acids is 1. The summed E-state index contributed by atoms with van der Waals surface area (Å²) in [5, 5.41) is 12.5. The minimum Gasteiger partial charge on any atom is -0.480 e. The molecule has 0 radical (unpaired) electrons. The fourth-order valence-electron chi connectivity index (χ4n) is 2.58. The summed E-state index contributed by atoms with van der Waals surface area (Å²) in [4.78, 5) is 27.6. The number of nitrogens with one attached hydrogen (secondary N) is 1. The zero-order valence-electron chi connectivity index (χ0n) is 12.1. The lowest BCUT2D eigenvalue weighted by molar-refractivity contribution is -0.145. The lowest BCUT2D eigenvalue weighted by Gasteiger charge is -2.35. The fourth-order valence-corrected chi connectivity index (χ4v) is 2.58. The van der Waals surface area contributed by atoms with Crippen LogP contribution < -0.4 is 11.1 Å². The second-order valence-corrected chi connectivity index (χ2v) is 5.29. The topological polar surface area (TPSA) is 115 Å². The highest BCUT2D eigenvalue weighted by Gasteiger charge is 2.41. The first-order valence-corrected chi connectivity index (χ1v) is 6.73. The van der Waals surface area contributed by atoms with Crippen LogP contribution in [0.15, 0.2) is 6.07 Å². The quantitative estimate of drug-likeness (QED) is 0.758. The van der Waals surface area contributed by atoms with Crippen molar-refractivity contribution in [3.05, 3.63) is 22.9 Å². The Morgan fingerprint density at radius 1 is 1.38 bits per heavy atom. The molecule has 1 aliphatic rings. The van der Waals surface area contributed by atoms with Crippen LogP contribution in [0, 0.1) is 13.8 Å². The van der Waals surface area contributed by atoms with Gasteiger partial charge in [-0.1, -0.05) is 0 Å². The first-order valence-electron chi connectivity index (χ1n) is 6.73. The molecule has 0 aliphatic carbocycles. The molecule has 4 N–H and O–H groups in total. The van der Waals surface area contributed by atoms with E-state index in [0.717, 1.165) is 0 Å². The number of primary amides is 1. The zero-order chi connectivity index (χ0) is 15.6. The van der Waals surface area contributed by atoms with Gasteiger partial charge < -0.3 is 20.9 Å². The van der Waals surface area contributed by atoms with Crippen molar-refractivity contribution in [2.75, 3.05) is 18.5 Å². The molecule has 2 rings (SSSR count). The third-order valence-electron chi connectivity index (χ3n) is 3.70. The number of amides is 1. The van der Waals surface area contributed by atoms with E-state index in [2.05, 4.69) is 10.3 Å². The maximum atomic E-state index is 11.7. The number of aryl methyl sites for hydroxylation is 2. The number of carboxylic acid groups (broad SMARTS) is 1. The average Bonchev–Trinajstić information content (AvgIpc) is 2.38. The lowest BCUT2D eigenvalue weighted by Crippen LogP contribution is -2.51. The predicted molar refractivity (Wildman–Crippen MR) is 76.3 cm³/mol. The maximum absolute atomic E-state index is 11.7. The number of nitrogens with zero attached hydrogens (tertiary/aromatic N) is 1. The van der Waals surface area contributed by atoms with Crippen molar-refractivity contribution in [1.82, 2.24) is 4.98 Å². The summed E-state index contributed by atoms with van der Waals surface area (Å²) in [6.07, 6.45) is 0.602. The molecule has 1 fully saturated rings. The summed E-state index contributed by atoms with van der Waals surface area (Å²) >= 11 is 0. The van der Waals surface area contributed by atoms with Crippen LogP contribution in [0.2, 0.25) is 0 Å². The van der Waals surface area contributed by atoms with Crippen LogP contribution in [-0.4, -0.2) is 40.7 Å². The number of pyridine rings is 1. The van der Waals surface area contributed by atoms with E-state index in [-0.39, 0.29) is 11.4 Å². The minimum absolute atomic E-state index is 0.226. The second-order valence-electron chi connectivity index (χ2n) is 5.29. The highest BCUT2D eigenvalue weighted by Crippen LogP contribution is 2.28. The van der Waals surface area contributed by atoms with Gasteiger partial charge in [-0.3, -0.25) is 4.79 Å². The monoisotopic (exact) mass is 293 g/mol. The van der Waals surface area contributed by atoms with Gasteiger partial charge in [-0.15, -0.1) is 0 Å². The van der Waals surface area contributed by atoms with Gasteiger partial charge in [0.05, 0.1) is 5.56 Å². The molecule has 1 aliphatic heterocycles. The van der Waals surface area contributed by atoms with Gasteiger partial charge >= 0.3 is 5.97 Å². The third-order valence-corrected chi connectivity index (χ3v) is 3.70. The van der Waals surface area contributed by atoms with Crippen molar-refractivity contribution in [3.63, 3.8) is 0 Å². The molecule has 21 heavy (non-hydrogen) atoms. The predicted octanol–water partition coefficient (Wildman–Crippen LogP) is 0.843. The number of carbonyl (C=O) groups is 2. The Morgan fingerprint density at radius 2 is 2.00 bits per heavy atom. The zero-order valence-corrected chi connectivity index (χ0v) is 12.1. The first kappa shape index (κ1) is 15.2. The molecular weight excluding hydrogens is 274 g/mol. The van der Waals surface area contributed by atoms with E-state index >= 15 is 0 Å². The standard InChI is InChI=1S/C14H19N3O4/c1-8-7-9(2)16-12(10(8)11(15)18)17-14(13(19)20)3-5-21-6-4-14/h7H,3-6H2,1-2H3,(H2,15,18)(H,16,17)(H,19,20). The van der Waals surface area contributed by atoms with Crippen LogP contribution in [0.1, 0.15) is 34.5 Å². The summed E-state index contributed by atoms with van der Waals surface area (Å²) in [7, 11) is 0. The van der Waals surface area contributed by atoms with E-state index in [1.165, 1.54) is 0 Å². The van der Waals surface area contributed by atoms with Crippen molar-refractivity contribution in [3.8, 4) is 0 Å². The maximum Gasteiger partial charge on any atom is 0.329 e. The van der Waals surface area contributed by atoms with E-state index in [1.807, 2.05) is 0 Å². The van der Waals surface area contributed by atoms with Gasteiger partial charge in [0.15, 0.2) is 0 Å². The van der Waals surface area contributed by atoms with Gasteiger partial charge in [-0.25, -0.2) is 9.78 Å². The molecule has 1 aromatic heterocycles. The molecule has 1 saturated heterocycles. The van der Waals surface area contributed by atoms with E-state index in [0.29, 0.717) is 37.3 Å². The van der Waals surface area contributed by atoms with Gasteiger partial charge in [0.2, 0.25) is 0 Å². The van der Waals surface area contributed by atoms with Crippen LogP contribution in [0.5, 0.6) is 0 Å². The molecule has 0 unspecified atom stereocenters. The molecule has 7 heteroatoms. The van der Waals surface area contributed by atoms with Crippen molar-refractivity contribution in [2.24, 2.45) is 5.73 Å². The Hall–Kier alpha value is -2.15. The number of rotatable bonds is 4. The van der Waals surface area contributed by atoms with Gasteiger partial charge in [-0.05, 0) is 25.5 Å². The highest BCUT2D eigenvalue weighted by molar-refractivity contribution is 6.00. The SMILES string of the molecule is Cc1cc(C)c(C(N)=O)c(NC2(C(=O)O)CCOCC2)n1. The molecular formula is C14H19N3O4. The second kappa shape index (κ2) is 5.69. The number of nitrogens with two attached hydrogens (primary N) is 1. The summed E-state index contributed by atoms with van der Waals surface area (Å²) in [6.45, 7) is 4.21. The molecule has 0 atom stereocenters. The Morgan fingerprint density at radius 3 is 2.52 bits per heavy atom. The number of carboxylic acids is 1. The van der Waals surface area contributed by atoms with E-state index in [9.17, 15) is 14.7 Å². The largest absolute Gasteiger partial charge is 0.480 e. The number of aliphatic carboxylic acids is 1. The number of anilines is 1. The van der Waals surface area contributed by atoms with E-state index in [1.54, 1.807) is 19.9 Å². The minimum atomic E-state index is -1.18. The van der Waals surface area contributed by atoms with Crippen LogP contribution in [-0.2, 0) is 9.53 Å². The number of ether oxygens (including phenoxy) is 1. The van der Waals surface area contributed by atoms with Gasteiger partial charge in [0, 0.05) is 31.7 Å². The van der Waals surface area contributed by atoms with Crippen molar-refractivity contribution >= 4 is 17.7 Å². The molecule has 2 heterocycles. The summed E-state index contributed by atoms with van der Waals surface area (Å²) < 4.78 is 5.22. The normalized spacial score (nSPS) is 17.2. The summed E-state index contributed by atoms with van der Waals surface area (Å²) in [6, 6.07) is 1.74. The average molecular weight is 293 g/mol. The fraction of sp³-hybridized carbons (Fsp3) is 0.500. The number of hydrogen-bond acceptors (Lipinski definition) is 5. The number of aromatic nitrogens is 1. The molecule has 0 spiro atoms. The lowest BCUT2D eigenvalue weighted by atomic mass is 9.89. The Kier molecular flexibility index (Phi) is 4.13. The molecule has 114 valence electrons. The summed E-state index contributed by atoms with van der Waals surface area (Å²) in [5.74, 6) is -1.39. The van der Waals surface area contributed by atoms with Crippen LogP contribution in [0.3, 0.4) is 0 Å². The molecule has 7 nitrogen and oxygen atoms in total. The molecule has 1 aromatic rings. The summed E-state index contributed by atoms with van der Waals surface area (Å²) in [5.41, 5.74) is 5.80. The van der Waals surface area contributed by atoms with Crippen LogP contribution >= 0.6 is 0 Å². The van der Waals surface area contributed by atoms with Crippen LogP contribution in [0.4, 0.5) is 5.82 Å². The Balaban J connectivity index is 2.46. The van der Waals surface area contributed by atoms with Gasteiger partial charge in [0.25, 0.3) is 5.91 Å². The van der Waals surface area contributed by atoms with Crippen molar-refractivity contribution < 1.29 is 19.4 Å². The number of hydrogen-bond donors (Lipinski definition) is 3. The molecule has 0 bridgehead atoms.